The molecule has 1 aromatic rings. The van der Waals surface area contributed by atoms with E-state index < -0.39 is 0 Å². The standard InChI is InChI=1S/C15H12NS.C5H5.Fe/c1-17-15-8-13(10-4-2-3-5-10)11-6-7-12(11)14(15)9-16;1-2-4-5-3-1;/h2-5,8H,6-7H2,1H3;1-5H;. The number of hydrogen-bond acceptors (Lipinski definition) is 2. The van der Waals surface area contributed by atoms with Gasteiger partial charge in [0.25, 0.3) is 0 Å². The number of fused-ring (bicyclic) bond motifs is 1. The van der Waals surface area contributed by atoms with Gasteiger partial charge in [-0.25, -0.2) is 0 Å². The maximum atomic E-state index is 9.25. The van der Waals surface area contributed by atoms with Crippen LogP contribution in [0.1, 0.15) is 22.3 Å². The quantitative estimate of drug-likeness (QED) is 0.585. The Labute approximate surface area is 156 Å². The van der Waals surface area contributed by atoms with Crippen LogP contribution in [0.2, 0.25) is 0 Å². The van der Waals surface area contributed by atoms with Crippen LogP contribution in [0, 0.1) is 75.0 Å². The minimum atomic E-state index is 0. The van der Waals surface area contributed by atoms with E-state index in [9.17, 15) is 5.26 Å². The number of thioether (sulfide) groups is 1. The van der Waals surface area contributed by atoms with Gasteiger partial charge in [-0.3, -0.25) is 0 Å². The van der Waals surface area contributed by atoms with Crippen molar-refractivity contribution in [1.29, 1.82) is 5.26 Å². The van der Waals surface area contributed by atoms with Crippen molar-refractivity contribution in [3.8, 4) is 6.07 Å². The fraction of sp³-hybridized carbons (Fsp3) is 0.150. The van der Waals surface area contributed by atoms with Gasteiger partial charge in [-0.15, -0.1) is 11.8 Å². The largest absolute Gasteiger partial charge is 0.192 e. The maximum Gasteiger partial charge on any atom is 0.101 e. The Balaban J connectivity index is 0.000000276. The Kier molecular flexibility index (Phi) is 7.54. The number of hydrogen-bond donors (Lipinski definition) is 0. The summed E-state index contributed by atoms with van der Waals surface area (Å²) in [6.45, 7) is 0. The van der Waals surface area contributed by atoms with E-state index in [-0.39, 0.29) is 17.1 Å². The van der Waals surface area contributed by atoms with Crippen LogP contribution >= 0.6 is 11.8 Å². The fourth-order valence-electron chi connectivity index (χ4n) is 2.80. The molecule has 3 heteroatoms. The summed E-state index contributed by atoms with van der Waals surface area (Å²) in [6.07, 6.45) is 22.6. The average Bonchev–Trinajstić information content (AvgIpc) is 3.22. The van der Waals surface area contributed by atoms with Crippen LogP contribution in [0.3, 0.4) is 0 Å². The van der Waals surface area contributed by atoms with Crippen LogP contribution in [-0.4, -0.2) is 6.26 Å². The maximum absolute atomic E-state index is 9.25. The molecular weight excluding hydrogens is 342 g/mol. The van der Waals surface area contributed by atoms with Crippen LogP contribution in [0.4, 0.5) is 0 Å². The van der Waals surface area contributed by atoms with E-state index in [0.29, 0.717) is 0 Å². The first kappa shape index (κ1) is 18.9. The Hall–Kier alpha value is -0.421. The SMILES string of the molecule is CSc1cc([C]2[CH][CH][CH][CH]2)c2c(c1C#N)CC2.[CH]1[CH][CH][CH][CH]1.[Fe]. The van der Waals surface area contributed by atoms with E-state index in [1.54, 1.807) is 11.8 Å². The molecule has 3 aliphatic rings. The molecule has 0 unspecified atom stereocenters. The molecule has 0 bridgehead atoms. The van der Waals surface area contributed by atoms with Crippen LogP contribution in [0.5, 0.6) is 0 Å². The van der Waals surface area contributed by atoms with Gasteiger partial charge in [0, 0.05) is 27.9 Å². The summed E-state index contributed by atoms with van der Waals surface area (Å²) < 4.78 is 0. The summed E-state index contributed by atoms with van der Waals surface area (Å²) in [5, 5.41) is 9.25. The van der Waals surface area contributed by atoms with Crippen molar-refractivity contribution in [2.45, 2.75) is 17.7 Å². The zero-order valence-electron chi connectivity index (χ0n) is 12.9. The van der Waals surface area contributed by atoms with Crippen molar-refractivity contribution >= 4 is 11.8 Å². The van der Waals surface area contributed by atoms with Crippen molar-refractivity contribution in [3.63, 3.8) is 0 Å². The summed E-state index contributed by atoms with van der Waals surface area (Å²) in [5.74, 6) is 1.28. The van der Waals surface area contributed by atoms with Crippen LogP contribution in [0.15, 0.2) is 11.0 Å². The third kappa shape index (κ3) is 4.16. The van der Waals surface area contributed by atoms with Gasteiger partial charge in [0.1, 0.15) is 6.07 Å². The first-order valence-corrected chi connectivity index (χ1v) is 8.59. The molecule has 0 aliphatic heterocycles. The third-order valence-electron chi connectivity index (χ3n) is 4.00. The molecule has 1 aromatic carbocycles. The second-order valence-corrected chi connectivity index (χ2v) is 6.05. The molecule has 0 spiro atoms. The van der Waals surface area contributed by atoms with Gasteiger partial charge in [-0.2, -0.15) is 5.26 Å². The molecule has 0 atom stereocenters. The summed E-state index contributed by atoms with van der Waals surface area (Å²) >= 11 is 1.67. The number of benzene rings is 1. The average molecular weight is 359 g/mol. The summed E-state index contributed by atoms with van der Waals surface area (Å²) in [7, 11) is 0. The molecule has 23 heavy (non-hydrogen) atoms. The molecule has 0 amide bonds. The Morgan fingerprint density at radius 1 is 0.913 bits per heavy atom. The van der Waals surface area contributed by atoms with Crippen molar-refractivity contribution in [3.05, 3.63) is 92.0 Å². The van der Waals surface area contributed by atoms with E-state index in [1.807, 2.05) is 38.4 Å². The molecule has 10 radical (unpaired) electrons. The Bertz CT molecular complexity index is 558. The predicted octanol–water partition coefficient (Wildman–Crippen LogP) is 4.15. The smallest absolute Gasteiger partial charge is 0.101 e. The Morgan fingerprint density at radius 2 is 1.48 bits per heavy atom. The van der Waals surface area contributed by atoms with Gasteiger partial charge in [0.15, 0.2) is 0 Å². The molecule has 4 rings (SSSR count). The monoisotopic (exact) mass is 359 g/mol. The van der Waals surface area contributed by atoms with Gasteiger partial charge in [0.05, 0.1) is 5.56 Å². The van der Waals surface area contributed by atoms with E-state index in [0.717, 1.165) is 23.3 Å². The zero-order chi connectivity index (χ0) is 15.4. The minimum Gasteiger partial charge on any atom is -0.192 e. The summed E-state index contributed by atoms with van der Waals surface area (Å²) in [5.41, 5.74) is 4.87. The third-order valence-corrected chi connectivity index (χ3v) is 4.76. The minimum absolute atomic E-state index is 0. The molecule has 2 fully saturated rings. The van der Waals surface area contributed by atoms with Crippen molar-refractivity contribution in [1.82, 2.24) is 0 Å². The van der Waals surface area contributed by atoms with E-state index in [4.69, 9.17) is 0 Å². The number of nitriles is 1. The van der Waals surface area contributed by atoms with E-state index in [2.05, 4.69) is 37.8 Å². The van der Waals surface area contributed by atoms with Gasteiger partial charge in [-0.05, 0) is 99.6 Å². The normalized spacial score (nSPS) is 19.0. The van der Waals surface area contributed by atoms with Crippen molar-refractivity contribution in [2.75, 3.05) is 6.26 Å². The summed E-state index contributed by atoms with van der Waals surface area (Å²) in [6, 6.07) is 4.54. The molecule has 0 heterocycles. The zero-order valence-corrected chi connectivity index (χ0v) is 14.8. The van der Waals surface area contributed by atoms with Gasteiger partial charge in [-0.1, -0.05) is 0 Å². The van der Waals surface area contributed by atoms with E-state index >= 15 is 0 Å². The molecule has 116 valence electrons. The molecule has 1 nitrogen and oxygen atoms in total. The fourth-order valence-corrected chi connectivity index (χ4v) is 3.41. The first-order chi connectivity index (χ1) is 10.8. The van der Waals surface area contributed by atoms with Crippen molar-refractivity contribution in [2.24, 2.45) is 0 Å². The van der Waals surface area contributed by atoms with Gasteiger partial charge < -0.3 is 0 Å². The first-order valence-electron chi connectivity index (χ1n) is 7.36. The van der Waals surface area contributed by atoms with Gasteiger partial charge in [0.2, 0.25) is 0 Å². The second-order valence-electron chi connectivity index (χ2n) is 5.21. The number of nitrogens with zero attached hydrogens (tertiary/aromatic N) is 1. The molecule has 2 saturated carbocycles. The van der Waals surface area contributed by atoms with Gasteiger partial charge >= 0.3 is 0 Å². The van der Waals surface area contributed by atoms with Crippen LogP contribution < -0.4 is 0 Å². The second kappa shape index (κ2) is 9.16. The molecule has 0 N–H and O–H groups in total. The Morgan fingerprint density at radius 3 is 1.91 bits per heavy atom. The topological polar surface area (TPSA) is 23.8 Å². The van der Waals surface area contributed by atoms with E-state index in [1.165, 1.54) is 22.6 Å². The van der Waals surface area contributed by atoms with Crippen molar-refractivity contribution < 1.29 is 17.1 Å². The summed E-state index contributed by atoms with van der Waals surface area (Å²) in [4.78, 5) is 1.11. The van der Waals surface area contributed by atoms with Crippen LogP contribution in [-0.2, 0) is 29.9 Å². The molecule has 0 aromatic heterocycles. The van der Waals surface area contributed by atoms with Crippen LogP contribution in [0.25, 0.3) is 0 Å². The predicted molar refractivity (Wildman–Crippen MR) is 91.4 cm³/mol. The molecule has 3 aliphatic carbocycles. The molecular formula is C20H17FeNS. The molecule has 0 saturated heterocycles. The number of rotatable bonds is 2.